The first-order valence-corrected chi connectivity index (χ1v) is 3.30. The van der Waals surface area contributed by atoms with E-state index < -0.39 is 12.0 Å². The lowest BCUT2D eigenvalue weighted by Gasteiger charge is -2.21. The Balaban J connectivity index is 0.000000500. The maximum Gasteiger partial charge on any atom is 0.263 e. The molecule has 0 aromatic rings. The number of alkyl halides is 2. The van der Waals surface area contributed by atoms with Crippen molar-refractivity contribution in [2.45, 2.75) is 24.8 Å². The van der Waals surface area contributed by atoms with E-state index >= 15 is 0 Å². The molecule has 0 aromatic heterocycles. The SMILES string of the molecule is Cl.FC1(F)CC2CNC1C2. The molecule has 2 rings (SSSR count). The van der Waals surface area contributed by atoms with Gasteiger partial charge in [-0.2, -0.15) is 0 Å². The fourth-order valence-electron chi connectivity index (χ4n) is 1.81. The number of halogens is 3. The van der Waals surface area contributed by atoms with Crippen LogP contribution in [0, 0.1) is 5.92 Å². The molecule has 1 nitrogen and oxygen atoms in total. The second-order valence-electron chi connectivity index (χ2n) is 3.03. The van der Waals surface area contributed by atoms with Crippen molar-refractivity contribution in [1.29, 1.82) is 0 Å². The smallest absolute Gasteiger partial charge is 0.263 e. The van der Waals surface area contributed by atoms with Gasteiger partial charge in [-0.15, -0.1) is 12.4 Å². The van der Waals surface area contributed by atoms with Crippen LogP contribution in [-0.2, 0) is 0 Å². The highest BCUT2D eigenvalue weighted by Crippen LogP contribution is 2.42. The number of hydrogen-bond donors (Lipinski definition) is 1. The molecule has 1 saturated carbocycles. The highest BCUT2D eigenvalue weighted by molar-refractivity contribution is 5.85. The summed E-state index contributed by atoms with van der Waals surface area (Å²) in [5, 5.41) is 2.80. The Bertz CT molecular complexity index is 140. The molecular weight excluding hydrogens is 160 g/mol. The largest absolute Gasteiger partial charge is 0.308 e. The molecule has 1 N–H and O–H groups in total. The molecule has 60 valence electrons. The van der Waals surface area contributed by atoms with Crippen molar-refractivity contribution < 1.29 is 8.78 Å². The van der Waals surface area contributed by atoms with E-state index in [1.54, 1.807) is 0 Å². The molecule has 0 spiro atoms. The molecule has 2 aliphatic rings. The van der Waals surface area contributed by atoms with Crippen molar-refractivity contribution in [2.24, 2.45) is 5.92 Å². The lowest BCUT2D eigenvalue weighted by molar-refractivity contribution is -0.0304. The zero-order chi connectivity index (χ0) is 6.48. The minimum Gasteiger partial charge on any atom is -0.308 e. The number of fused-ring (bicyclic) bond motifs is 2. The lowest BCUT2D eigenvalue weighted by Crippen LogP contribution is -2.41. The van der Waals surface area contributed by atoms with Crippen LogP contribution in [0.15, 0.2) is 0 Å². The molecular formula is C6H10ClF2N. The van der Waals surface area contributed by atoms with Gasteiger partial charge in [0.2, 0.25) is 0 Å². The fourth-order valence-corrected chi connectivity index (χ4v) is 1.81. The van der Waals surface area contributed by atoms with Gasteiger partial charge in [0, 0.05) is 6.42 Å². The van der Waals surface area contributed by atoms with Crippen molar-refractivity contribution in [3.05, 3.63) is 0 Å². The minimum atomic E-state index is -2.40. The van der Waals surface area contributed by atoms with Crippen LogP contribution in [-0.4, -0.2) is 18.5 Å². The molecule has 1 aliphatic heterocycles. The van der Waals surface area contributed by atoms with E-state index in [0.29, 0.717) is 6.42 Å². The Labute approximate surface area is 64.6 Å². The van der Waals surface area contributed by atoms with Crippen LogP contribution >= 0.6 is 12.4 Å². The Morgan fingerprint density at radius 3 is 2.30 bits per heavy atom. The molecule has 0 radical (unpaired) electrons. The van der Waals surface area contributed by atoms with Crippen LogP contribution in [0.2, 0.25) is 0 Å². The summed E-state index contributed by atoms with van der Waals surface area (Å²) in [5.74, 6) is -2.15. The van der Waals surface area contributed by atoms with Crippen LogP contribution in [0.3, 0.4) is 0 Å². The number of nitrogens with one attached hydrogen (secondary N) is 1. The van der Waals surface area contributed by atoms with Gasteiger partial charge in [-0.25, -0.2) is 8.78 Å². The lowest BCUT2D eigenvalue weighted by atomic mass is 10.1. The van der Waals surface area contributed by atoms with Crippen molar-refractivity contribution in [1.82, 2.24) is 5.32 Å². The molecule has 0 aromatic carbocycles. The molecule has 1 saturated heterocycles. The summed E-state index contributed by atoms with van der Waals surface area (Å²) >= 11 is 0. The standard InChI is InChI=1S/C6H9F2N.ClH/c7-6(8)2-4-1-5(6)9-3-4;/h4-5,9H,1-3H2;1H. The molecule has 1 aliphatic carbocycles. The van der Waals surface area contributed by atoms with Gasteiger partial charge in [-0.05, 0) is 18.9 Å². The normalized spacial score (nSPS) is 41.4. The van der Waals surface area contributed by atoms with E-state index in [1.807, 2.05) is 0 Å². The first-order valence-electron chi connectivity index (χ1n) is 3.30. The Morgan fingerprint density at radius 2 is 2.10 bits per heavy atom. The minimum absolute atomic E-state index is 0. The number of piperidine rings is 1. The van der Waals surface area contributed by atoms with Gasteiger partial charge in [-0.3, -0.25) is 0 Å². The highest BCUT2D eigenvalue weighted by Gasteiger charge is 2.52. The second-order valence-corrected chi connectivity index (χ2v) is 3.03. The predicted octanol–water partition coefficient (Wildman–Crippen LogP) is 1.43. The van der Waals surface area contributed by atoms with E-state index in [-0.39, 0.29) is 24.7 Å². The van der Waals surface area contributed by atoms with E-state index in [0.717, 1.165) is 6.54 Å². The fraction of sp³-hybridized carbons (Fsp3) is 1.00. The van der Waals surface area contributed by atoms with E-state index in [9.17, 15) is 8.78 Å². The third-order valence-corrected chi connectivity index (χ3v) is 2.29. The summed E-state index contributed by atoms with van der Waals surface area (Å²) in [4.78, 5) is 0. The van der Waals surface area contributed by atoms with Crippen molar-refractivity contribution in [3.63, 3.8) is 0 Å². The Kier molecular flexibility index (Phi) is 1.90. The van der Waals surface area contributed by atoms with Gasteiger partial charge in [0.05, 0.1) is 6.04 Å². The number of hydrogen-bond acceptors (Lipinski definition) is 1. The monoisotopic (exact) mass is 169 g/mol. The molecule has 1 heterocycles. The summed E-state index contributed by atoms with van der Waals surface area (Å²) < 4.78 is 25.2. The van der Waals surface area contributed by atoms with Gasteiger partial charge in [-0.1, -0.05) is 0 Å². The first kappa shape index (κ1) is 8.21. The Morgan fingerprint density at radius 1 is 1.40 bits per heavy atom. The van der Waals surface area contributed by atoms with Crippen LogP contribution < -0.4 is 5.32 Å². The van der Waals surface area contributed by atoms with Crippen molar-refractivity contribution in [3.8, 4) is 0 Å². The topological polar surface area (TPSA) is 12.0 Å². The number of rotatable bonds is 0. The third-order valence-electron chi connectivity index (χ3n) is 2.29. The van der Waals surface area contributed by atoms with Crippen LogP contribution in [0.25, 0.3) is 0 Å². The molecule has 2 atom stereocenters. The molecule has 4 heteroatoms. The van der Waals surface area contributed by atoms with Gasteiger partial charge < -0.3 is 5.32 Å². The first-order chi connectivity index (χ1) is 4.18. The van der Waals surface area contributed by atoms with E-state index in [2.05, 4.69) is 5.32 Å². The Hall–Kier alpha value is 0.110. The summed E-state index contributed by atoms with van der Waals surface area (Å²) in [7, 11) is 0. The second kappa shape index (κ2) is 2.31. The predicted molar refractivity (Wildman–Crippen MR) is 36.7 cm³/mol. The van der Waals surface area contributed by atoms with Gasteiger partial charge in [0.25, 0.3) is 5.92 Å². The quantitative estimate of drug-likeness (QED) is 0.579. The molecule has 2 fully saturated rings. The average molecular weight is 170 g/mol. The van der Waals surface area contributed by atoms with Gasteiger partial charge in [0.15, 0.2) is 0 Å². The zero-order valence-electron chi connectivity index (χ0n) is 5.44. The van der Waals surface area contributed by atoms with E-state index in [4.69, 9.17) is 0 Å². The molecule has 10 heavy (non-hydrogen) atoms. The zero-order valence-corrected chi connectivity index (χ0v) is 6.26. The van der Waals surface area contributed by atoms with Crippen molar-refractivity contribution >= 4 is 12.4 Å². The average Bonchev–Trinajstić information content (AvgIpc) is 2.19. The highest BCUT2D eigenvalue weighted by atomic mass is 35.5. The van der Waals surface area contributed by atoms with Gasteiger partial charge in [0.1, 0.15) is 0 Å². The molecule has 2 bridgehead atoms. The van der Waals surface area contributed by atoms with Crippen LogP contribution in [0.5, 0.6) is 0 Å². The maximum atomic E-state index is 12.6. The molecule has 2 unspecified atom stereocenters. The van der Waals surface area contributed by atoms with Gasteiger partial charge >= 0.3 is 0 Å². The van der Waals surface area contributed by atoms with Crippen molar-refractivity contribution in [2.75, 3.05) is 6.54 Å². The summed E-state index contributed by atoms with van der Waals surface area (Å²) in [5.41, 5.74) is 0. The van der Waals surface area contributed by atoms with Crippen LogP contribution in [0.4, 0.5) is 8.78 Å². The summed E-state index contributed by atoms with van der Waals surface area (Å²) in [6.07, 6.45) is 0.803. The van der Waals surface area contributed by atoms with Crippen LogP contribution in [0.1, 0.15) is 12.8 Å². The third kappa shape index (κ3) is 1.01. The summed E-state index contributed by atoms with van der Waals surface area (Å²) in [6, 6.07) is -0.498. The molecule has 0 amide bonds. The van der Waals surface area contributed by atoms with E-state index in [1.165, 1.54) is 0 Å². The summed E-state index contributed by atoms with van der Waals surface area (Å²) in [6.45, 7) is 0.806. The maximum absolute atomic E-state index is 12.6.